The van der Waals surface area contributed by atoms with E-state index in [1.54, 1.807) is 0 Å². The molecule has 0 atom stereocenters. The van der Waals surface area contributed by atoms with E-state index >= 15 is 0 Å². The van der Waals surface area contributed by atoms with Crippen LogP contribution in [0.25, 0.3) is 0 Å². The molecule has 1 aromatic carbocycles. The van der Waals surface area contributed by atoms with Crippen LogP contribution >= 0.6 is 0 Å². The lowest BCUT2D eigenvalue weighted by atomic mass is 10.0. The van der Waals surface area contributed by atoms with Crippen molar-refractivity contribution in [3.05, 3.63) is 29.8 Å². The molecule has 1 aromatic rings. The lowest BCUT2D eigenvalue weighted by Gasteiger charge is -2.36. The Morgan fingerprint density at radius 1 is 1.07 bits per heavy atom. The van der Waals surface area contributed by atoms with Crippen molar-refractivity contribution >= 4 is 15.9 Å². The Morgan fingerprint density at radius 2 is 1.63 bits per heavy atom. The molecule has 2 aliphatic rings. The number of piperidine rings is 1. The summed E-state index contributed by atoms with van der Waals surface area (Å²) in [5.41, 5.74) is 0. The van der Waals surface area contributed by atoms with Crippen molar-refractivity contribution < 1.29 is 22.0 Å². The minimum absolute atomic E-state index is 0.0746. The number of rotatable bonds is 6. The highest BCUT2D eigenvalue weighted by molar-refractivity contribution is 7.89. The maximum Gasteiger partial charge on any atom is 0.249 e. The van der Waals surface area contributed by atoms with Gasteiger partial charge in [-0.2, -0.15) is 4.31 Å². The van der Waals surface area contributed by atoms with E-state index in [1.165, 1.54) is 0 Å². The number of benzene rings is 1. The summed E-state index contributed by atoms with van der Waals surface area (Å²) in [6.45, 7) is 7.26. The number of sulfonamides is 1. The van der Waals surface area contributed by atoms with Gasteiger partial charge in [0.15, 0.2) is 4.90 Å². The molecule has 0 bridgehead atoms. The van der Waals surface area contributed by atoms with Gasteiger partial charge in [0.25, 0.3) is 0 Å². The minimum atomic E-state index is -4.26. The van der Waals surface area contributed by atoms with Crippen LogP contribution in [-0.2, 0) is 14.8 Å². The van der Waals surface area contributed by atoms with Gasteiger partial charge in [0.1, 0.15) is 11.6 Å². The number of nitrogens with one attached hydrogen (secondary N) is 1. The number of likely N-dealkylation sites (tertiary alicyclic amines) is 1. The fraction of sp³-hybridized carbons (Fsp3) is 0.650. The maximum absolute atomic E-state index is 13.9. The fourth-order valence-electron chi connectivity index (χ4n) is 4.02. The summed E-state index contributed by atoms with van der Waals surface area (Å²) < 4.78 is 54.2. The monoisotopic (exact) mass is 444 g/mol. The fourth-order valence-corrected chi connectivity index (χ4v) is 5.55. The molecule has 0 radical (unpaired) electrons. The molecular formula is C20H30F2N4O3S. The van der Waals surface area contributed by atoms with Crippen LogP contribution in [0.4, 0.5) is 8.78 Å². The van der Waals surface area contributed by atoms with Gasteiger partial charge >= 0.3 is 0 Å². The Balaban J connectivity index is 1.48. The highest BCUT2D eigenvalue weighted by Crippen LogP contribution is 2.23. The van der Waals surface area contributed by atoms with Crippen molar-refractivity contribution in [1.29, 1.82) is 0 Å². The molecule has 1 amide bonds. The van der Waals surface area contributed by atoms with Gasteiger partial charge in [0.2, 0.25) is 15.9 Å². The van der Waals surface area contributed by atoms with Crippen molar-refractivity contribution in [2.24, 2.45) is 0 Å². The molecular weight excluding hydrogens is 414 g/mol. The Hall–Kier alpha value is -1.62. The third-order valence-corrected chi connectivity index (χ3v) is 7.79. The van der Waals surface area contributed by atoms with E-state index in [0.717, 1.165) is 48.4 Å². The molecule has 1 N–H and O–H groups in total. The molecule has 0 aromatic heterocycles. The number of amides is 1. The van der Waals surface area contributed by atoms with Gasteiger partial charge in [-0.25, -0.2) is 17.2 Å². The molecule has 30 heavy (non-hydrogen) atoms. The van der Waals surface area contributed by atoms with Crippen LogP contribution in [0.5, 0.6) is 0 Å². The van der Waals surface area contributed by atoms with Crippen LogP contribution in [0.2, 0.25) is 0 Å². The number of hydrogen-bond acceptors (Lipinski definition) is 5. The second-order valence-corrected chi connectivity index (χ2v) is 10.1. The van der Waals surface area contributed by atoms with Crippen molar-refractivity contribution in [2.75, 3.05) is 45.8 Å². The zero-order chi connectivity index (χ0) is 21.9. The number of carbonyl (C=O) groups is 1. The first-order valence-electron chi connectivity index (χ1n) is 10.4. The SMILES string of the molecule is CC(C)N1CCC(NC(=O)CN2CCN(S(=O)(=O)c3c(F)cccc3F)CC2)CC1. The molecule has 2 aliphatic heterocycles. The zero-order valence-corrected chi connectivity index (χ0v) is 18.3. The average Bonchev–Trinajstić information content (AvgIpc) is 2.68. The molecule has 2 saturated heterocycles. The molecule has 0 saturated carbocycles. The minimum Gasteiger partial charge on any atom is -0.352 e. The van der Waals surface area contributed by atoms with E-state index < -0.39 is 26.6 Å². The quantitative estimate of drug-likeness (QED) is 0.715. The molecule has 0 unspecified atom stereocenters. The third-order valence-electron chi connectivity index (χ3n) is 5.84. The Labute approximate surface area is 177 Å². The molecule has 2 heterocycles. The van der Waals surface area contributed by atoms with Crippen molar-refractivity contribution in [2.45, 2.75) is 43.7 Å². The normalized spacial score (nSPS) is 20.6. The first kappa shape index (κ1) is 23.1. The van der Waals surface area contributed by atoms with E-state index in [9.17, 15) is 22.0 Å². The largest absolute Gasteiger partial charge is 0.352 e. The van der Waals surface area contributed by atoms with Gasteiger partial charge in [0, 0.05) is 51.4 Å². The van der Waals surface area contributed by atoms with Crippen LogP contribution in [0.1, 0.15) is 26.7 Å². The van der Waals surface area contributed by atoms with Crippen LogP contribution in [0.15, 0.2) is 23.1 Å². The van der Waals surface area contributed by atoms with Crippen LogP contribution in [0, 0.1) is 11.6 Å². The highest BCUT2D eigenvalue weighted by Gasteiger charge is 2.33. The topological polar surface area (TPSA) is 73.0 Å². The zero-order valence-electron chi connectivity index (χ0n) is 17.5. The first-order chi connectivity index (χ1) is 14.2. The number of hydrogen-bond donors (Lipinski definition) is 1. The maximum atomic E-state index is 13.9. The van der Waals surface area contributed by atoms with Gasteiger partial charge in [0.05, 0.1) is 6.54 Å². The molecule has 7 nitrogen and oxygen atoms in total. The van der Waals surface area contributed by atoms with Crippen LogP contribution < -0.4 is 5.32 Å². The van der Waals surface area contributed by atoms with Crippen LogP contribution in [0.3, 0.4) is 0 Å². The van der Waals surface area contributed by atoms with Crippen LogP contribution in [-0.4, -0.2) is 86.3 Å². The summed E-state index contributed by atoms with van der Waals surface area (Å²) in [5.74, 6) is -2.27. The summed E-state index contributed by atoms with van der Waals surface area (Å²) in [4.78, 5) is 15.7. The van der Waals surface area contributed by atoms with Gasteiger partial charge in [-0.05, 0) is 38.8 Å². The lowest BCUT2D eigenvalue weighted by molar-refractivity contribution is -0.123. The van der Waals surface area contributed by atoms with E-state index in [-0.39, 0.29) is 31.6 Å². The number of carbonyl (C=O) groups excluding carboxylic acids is 1. The van der Waals surface area contributed by atoms with Gasteiger partial charge in [-0.1, -0.05) is 6.07 Å². The Morgan fingerprint density at radius 3 is 2.17 bits per heavy atom. The summed E-state index contributed by atoms with van der Waals surface area (Å²) in [6, 6.07) is 3.67. The number of nitrogens with zero attached hydrogens (tertiary/aromatic N) is 3. The Kier molecular flexibility index (Phi) is 7.43. The third kappa shape index (κ3) is 5.35. The Bertz CT molecular complexity index is 829. The number of piperazine rings is 1. The van der Waals surface area contributed by atoms with Crippen molar-refractivity contribution in [3.63, 3.8) is 0 Å². The van der Waals surface area contributed by atoms with Crippen molar-refractivity contribution in [1.82, 2.24) is 19.4 Å². The molecule has 0 aliphatic carbocycles. The van der Waals surface area contributed by atoms with E-state index in [1.807, 2.05) is 4.90 Å². The predicted octanol–water partition coefficient (Wildman–Crippen LogP) is 1.26. The molecule has 3 rings (SSSR count). The number of halogens is 2. The summed E-state index contributed by atoms with van der Waals surface area (Å²) in [7, 11) is -4.26. The van der Waals surface area contributed by atoms with E-state index in [4.69, 9.17) is 0 Å². The second-order valence-electron chi connectivity index (χ2n) is 8.20. The molecule has 10 heteroatoms. The van der Waals surface area contributed by atoms with E-state index in [2.05, 4.69) is 24.1 Å². The van der Waals surface area contributed by atoms with E-state index in [0.29, 0.717) is 19.1 Å². The molecule has 2 fully saturated rings. The summed E-state index contributed by atoms with van der Waals surface area (Å²) >= 11 is 0. The molecule has 0 spiro atoms. The highest BCUT2D eigenvalue weighted by atomic mass is 32.2. The van der Waals surface area contributed by atoms with Gasteiger partial charge in [-0.3, -0.25) is 9.69 Å². The summed E-state index contributed by atoms with van der Waals surface area (Å²) in [5, 5.41) is 3.07. The first-order valence-corrected chi connectivity index (χ1v) is 11.8. The predicted molar refractivity (Wildman–Crippen MR) is 109 cm³/mol. The van der Waals surface area contributed by atoms with Gasteiger partial charge < -0.3 is 10.2 Å². The lowest BCUT2D eigenvalue weighted by Crippen LogP contribution is -2.53. The second kappa shape index (κ2) is 9.67. The average molecular weight is 445 g/mol. The standard InChI is InChI=1S/C20H30F2N4O3S/c1-15(2)25-8-6-16(7-9-25)23-19(27)14-24-10-12-26(13-11-24)30(28,29)20-17(21)4-3-5-18(20)22/h3-5,15-16H,6-14H2,1-2H3,(H,23,27). The summed E-state index contributed by atoms with van der Waals surface area (Å²) in [6.07, 6.45) is 1.84. The smallest absolute Gasteiger partial charge is 0.249 e. The molecule has 168 valence electrons. The van der Waals surface area contributed by atoms with Gasteiger partial charge in [-0.15, -0.1) is 0 Å². The van der Waals surface area contributed by atoms with Crippen molar-refractivity contribution in [3.8, 4) is 0 Å².